The van der Waals surface area contributed by atoms with Gasteiger partial charge in [-0.25, -0.2) is 0 Å². The molecule has 0 aliphatic heterocycles. The lowest BCUT2D eigenvalue weighted by atomic mass is 10.2. The predicted octanol–water partition coefficient (Wildman–Crippen LogP) is 2.44. The number of nitro groups is 2. The second-order valence-electron chi connectivity index (χ2n) is 4.77. The van der Waals surface area contributed by atoms with Crippen molar-refractivity contribution in [2.45, 2.75) is 0 Å². The van der Waals surface area contributed by atoms with Crippen molar-refractivity contribution in [3.63, 3.8) is 0 Å². The van der Waals surface area contributed by atoms with E-state index >= 15 is 0 Å². The van der Waals surface area contributed by atoms with Crippen molar-refractivity contribution in [2.75, 3.05) is 23.7 Å². The van der Waals surface area contributed by atoms with Crippen molar-refractivity contribution in [1.29, 1.82) is 0 Å². The first-order valence-electron chi connectivity index (χ1n) is 6.81. The molecular weight excluding hydrogens is 320 g/mol. The third kappa shape index (κ3) is 4.00. The summed E-state index contributed by atoms with van der Waals surface area (Å²) in [4.78, 5) is 20.3. The number of phenols is 2. The Morgan fingerprint density at radius 3 is 1.50 bits per heavy atom. The maximum Gasteiger partial charge on any atom is 0.271 e. The van der Waals surface area contributed by atoms with Crippen LogP contribution in [0.15, 0.2) is 36.4 Å². The minimum absolute atomic E-state index is 0.140. The maximum absolute atomic E-state index is 10.7. The second kappa shape index (κ2) is 7.13. The van der Waals surface area contributed by atoms with E-state index in [4.69, 9.17) is 0 Å². The number of nitrogens with one attached hydrogen (secondary N) is 2. The third-order valence-electron chi connectivity index (χ3n) is 3.14. The third-order valence-corrected chi connectivity index (χ3v) is 3.14. The fourth-order valence-corrected chi connectivity index (χ4v) is 1.95. The first-order valence-corrected chi connectivity index (χ1v) is 6.81. The van der Waals surface area contributed by atoms with Gasteiger partial charge in [0.2, 0.25) is 0 Å². The summed E-state index contributed by atoms with van der Waals surface area (Å²) in [5.74, 6) is -0.280. The molecule has 0 fully saturated rings. The SMILES string of the molecule is O=[N+]([O-])c1ccc(O)c(NCCNc2cc([N+](=O)[O-])ccc2O)c1. The Hall–Kier alpha value is -3.56. The molecule has 10 heteroatoms. The van der Waals surface area contributed by atoms with Crippen molar-refractivity contribution >= 4 is 22.7 Å². The lowest BCUT2D eigenvalue weighted by Crippen LogP contribution is -2.14. The van der Waals surface area contributed by atoms with Crippen LogP contribution in [-0.2, 0) is 0 Å². The Labute approximate surface area is 135 Å². The first kappa shape index (κ1) is 16.8. The van der Waals surface area contributed by atoms with E-state index < -0.39 is 9.85 Å². The second-order valence-corrected chi connectivity index (χ2v) is 4.77. The molecule has 0 aromatic heterocycles. The molecule has 0 aliphatic rings. The number of nitro benzene ring substituents is 2. The van der Waals surface area contributed by atoms with Crippen LogP contribution in [0, 0.1) is 20.2 Å². The van der Waals surface area contributed by atoms with Gasteiger partial charge in [0.15, 0.2) is 0 Å². The molecule has 0 saturated heterocycles. The van der Waals surface area contributed by atoms with Gasteiger partial charge in [-0.1, -0.05) is 0 Å². The molecule has 0 saturated carbocycles. The van der Waals surface area contributed by atoms with Gasteiger partial charge in [0.05, 0.1) is 21.2 Å². The molecular formula is C14H14N4O6. The molecule has 126 valence electrons. The van der Waals surface area contributed by atoms with E-state index in [0.29, 0.717) is 0 Å². The van der Waals surface area contributed by atoms with Crippen molar-refractivity contribution in [3.05, 3.63) is 56.6 Å². The van der Waals surface area contributed by atoms with Crippen LogP contribution in [0.1, 0.15) is 0 Å². The van der Waals surface area contributed by atoms with E-state index in [9.17, 15) is 30.4 Å². The number of benzene rings is 2. The zero-order valence-corrected chi connectivity index (χ0v) is 12.3. The monoisotopic (exact) mass is 334 g/mol. The molecule has 0 spiro atoms. The van der Waals surface area contributed by atoms with Gasteiger partial charge >= 0.3 is 0 Å². The Balaban J connectivity index is 1.96. The minimum Gasteiger partial charge on any atom is -0.506 e. The van der Waals surface area contributed by atoms with Gasteiger partial charge in [0.25, 0.3) is 11.4 Å². The Morgan fingerprint density at radius 1 is 0.792 bits per heavy atom. The number of hydrogen-bond donors (Lipinski definition) is 4. The Bertz CT molecular complexity index is 714. The summed E-state index contributed by atoms with van der Waals surface area (Å²) in [6.45, 7) is 0.494. The number of hydrogen-bond acceptors (Lipinski definition) is 8. The molecule has 0 bridgehead atoms. The van der Waals surface area contributed by atoms with Gasteiger partial charge in [-0.2, -0.15) is 0 Å². The molecule has 0 radical (unpaired) electrons. The van der Waals surface area contributed by atoms with E-state index in [2.05, 4.69) is 10.6 Å². The topological polar surface area (TPSA) is 151 Å². The smallest absolute Gasteiger partial charge is 0.271 e. The lowest BCUT2D eigenvalue weighted by molar-refractivity contribution is -0.385. The zero-order chi connectivity index (χ0) is 17.7. The Morgan fingerprint density at radius 2 is 1.17 bits per heavy atom. The zero-order valence-electron chi connectivity index (χ0n) is 12.3. The van der Waals surface area contributed by atoms with Crippen LogP contribution in [0.3, 0.4) is 0 Å². The van der Waals surface area contributed by atoms with Gasteiger partial charge in [0.1, 0.15) is 11.5 Å². The van der Waals surface area contributed by atoms with Crippen LogP contribution in [0.4, 0.5) is 22.7 Å². The summed E-state index contributed by atoms with van der Waals surface area (Å²) in [6, 6.07) is 7.17. The number of anilines is 2. The highest BCUT2D eigenvalue weighted by Gasteiger charge is 2.11. The number of nitrogens with zero attached hydrogens (tertiary/aromatic N) is 2. The summed E-state index contributed by atoms with van der Waals surface area (Å²) in [5.41, 5.74) is 0.0442. The average Bonchev–Trinajstić information content (AvgIpc) is 2.54. The average molecular weight is 334 g/mol. The standard InChI is InChI=1S/C14H14N4O6/c19-13-3-1-9(17(21)22)7-11(13)15-5-6-16-12-8-10(18(23)24)2-4-14(12)20/h1-4,7-8,15-16,19-20H,5-6H2. The largest absolute Gasteiger partial charge is 0.506 e. The molecule has 2 aromatic rings. The molecule has 10 nitrogen and oxygen atoms in total. The van der Waals surface area contributed by atoms with E-state index in [0.717, 1.165) is 0 Å². The van der Waals surface area contributed by atoms with Crippen molar-refractivity contribution in [2.24, 2.45) is 0 Å². The molecule has 2 rings (SSSR count). The molecule has 0 amide bonds. The molecule has 0 atom stereocenters. The molecule has 0 aliphatic carbocycles. The number of phenolic OH excluding ortho intramolecular Hbond substituents is 2. The molecule has 0 unspecified atom stereocenters. The highest BCUT2D eigenvalue weighted by atomic mass is 16.6. The summed E-state index contributed by atoms with van der Waals surface area (Å²) in [7, 11) is 0. The van der Waals surface area contributed by atoms with Crippen LogP contribution in [-0.4, -0.2) is 33.1 Å². The molecule has 4 N–H and O–H groups in total. The number of aromatic hydroxyl groups is 2. The van der Waals surface area contributed by atoms with Crippen LogP contribution in [0.2, 0.25) is 0 Å². The van der Waals surface area contributed by atoms with Gasteiger partial charge in [-0.05, 0) is 12.1 Å². The first-order chi connectivity index (χ1) is 11.4. The summed E-state index contributed by atoms with van der Waals surface area (Å²) in [6.07, 6.45) is 0. The van der Waals surface area contributed by atoms with Gasteiger partial charge in [-0.15, -0.1) is 0 Å². The van der Waals surface area contributed by atoms with Crippen molar-refractivity contribution in [3.8, 4) is 11.5 Å². The van der Waals surface area contributed by atoms with Crippen LogP contribution in [0.5, 0.6) is 11.5 Å². The molecule has 24 heavy (non-hydrogen) atoms. The predicted molar refractivity (Wildman–Crippen MR) is 86.5 cm³/mol. The summed E-state index contributed by atoms with van der Waals surface area (Å²) >= 11 is 0. The van der Waals surface area contributed by atoms with Crippen LogP contribution < -0.4 is 10.6 Å². The molecule has 0 heterocycles. The quantitative estimate of drug-likeness (QED) is 0.261. The number of rotatable bonds is 7. The summed E-state index contributed by atoms with van der Waals surface area (Å²) in [5, 5.41) is 46.3. The van der Waals surface area contributed by atoms with Crippen LogP contribution >= 0.6 is 0 Å². The van der Waals surface area contributed by atoms with E-state index in [1.54, 1.807) is 0 Å². The lowest BCUT2D eigenvalue weighted by Gasteiger charge is -2.11. The Kier molecular flexibility index (Phi) is 5.00. The minimum atomic E-state index is -0.579. The fourth-order valence-electron chi connectivity index (χ4n) is 1.95. The van der Waals surface area contributed by atoms with Gasteiger partial charge in [0, 0.05) is 37.4 Å². The van der Waals surface area contributed by atoms with Gasteiger partial charge < -0.3 is 20.8 Å². The molecule has 2 aromatic carbocycles. The van der Waals surface area contributed by atoms with Crippen molar-refractivity contribution < 1.29 is 20.1 Å². The van der Waals surface area contributed by atoms with Gasteiger partial charge in [-0.3, -0.25) is 20.2 Å². The number of non-ortho nitro benzene ring substituents is 2. The summed E-state index contributed by atoms with van der Waals surface area (Å²) < 4.78 is 0. The highest BCUT2D eigenvalue weighted by Crippen LogP contribution is 2.29. The van der Waals surface area contributed by atoms with E-state index in [1.165, 1.54) is 36.4 Å². The van der Waals surface area contributed by atoms with E-state index in [-0.39, 0.29) is 47.3 Å². The fraction of sp³-hybridized carbons (Fsp3) is 0.143. The van der Waals surface area contributed by atoms with Crippen molar-refractivity contribution in [1.82, 2.24) is 0 Å². The maximum atomic E-state index is 10.7. The van der Waals surface area contributed by atoms with Crippen LogP contribution in [0.25, 0.3) is 0 Å². The van der Waals surface area contributed by atoms with E-state index in [1.807, 2.05) is 0 Å². The normalized spacial score (nSPS) is 10.2. The highest BCUT2D eigenvalue weighted by molar-refractivity contribution is 5.62.